The molecule has 0 heterocycles. The Morgan fingerprint density at radius 3 is 2.68 bits per heavy atom. The summed E-state index contributed by atoms with van der Waals surface area (Å²) in [6, 6.07) is 7.70. The van der Waals surface area contributed by atoms with Crippen LogP contribution in [0.1, 0.15) is 52.5 Å². The molecule has 0 aliphatic rings. The third-order valence-corrected chi connectivity index (χ3v) is 3.56. The van der Waals surface area contributed by atoms with E-state index in [2.05, 4.69) is 38.2 Å². The minimum Gasteiger partial charge on any atom is -0.494 e. The first kappa shape index (κ1) is 18.5. The van der Waals surface area contributed by atoms with Gasteiger partial charge in [0.05, 0.1) is 6.61 Å². The number of benzene rings is 1. The Kier molecular flexibility index (Phi) is 7.39. The summed E-state index contributed by atoms with van der Waals surface area (Å²) in [5.41, 5.74) is 1.35. The standard InChI is InChI=1S/C18H29NO3/c1-5-8-16(17(20)21)19-11-7-12-22-15-10-6-9-14(13-15)18(2,3)4/h6,9-10,13,16,19H,5,7-8,11-12H2,1-4H3,(H,20,21). The highest BCUT2D eigenvalue weighted by Crippen LogP contribution is 2.25. The summed E-state index contributed by atoms with van der Waals surface area (Å²) >= 11 is 0. The van der Waals surface area contributed by atoms with Gasteiger partial charge in [-0.2, -0.15) is 0 Å². The third-order valence-electron chi connectivity index (χ3n) is 3.56. The van der Waals surface area contributed by atoms with Gasteiger partial charge < -0.3 is 15.2 Å². The van der Waals surface area contributed by atoms with Crippen LogP contribution in [0.2, 0.25) is 0 Å². The average Bonchev–Trinajstić information content (AvgIpc) is 2.45. The number of rotatable bonds is 9. The molecule has 4 heteroatoms. The van der Waals surface area contributed by atoms with E-state index in [-0.39, 0.29) is 5.41 Å². The van der Waals surface area contributed by atoms with Crippen molar-refractivity contribution in [3.05, 3.63) is 29.8 Å². The predicted octanol–water partition coefficient (Wildman–Crippen LogP) is 3.60. The van der Waals surface area contributed by atoms with Gasteiger partial charge in [0.2, 0.25) is 0 Å². The zero-order valence-electron chi connectivity index (χ0n) is 14.2. The van der Waals surface area contributed by atoms with Crippen LogP contribution in [0.4, 0.5) is 0 Å². The molecular formula is C18H29NO3. The van der Waals surface area contributed by atoms with Gasteiger partial charge in [-0.05, 0) is 42.5 Å². The number of nitrogens with one attached hydrogen (secondary N) is 1. The predicted molar refractivity (Wildman–Crippen MR) is 89.6 cm³/mol. The first-order valence-electron chi connectivity index (χ1n) is 8.04. The fourth-order valence-corrected chi connectivity index (χ4v) is 2.19. The van der Waals surface area contributed by atoms with Crippen LogP contribution < -0.4 is 10.1 Å². The monoisotopic (exact) mass is 307 g/mol. The fourth-order valence-electron chi connectivity index (χ4n) is 2.19. The largest absolute Gasteiger partial charge is 0.494 e. The maximum absolute atomic E-state index is 11.0. The highest BCUT2D eigenvalue weighted by molar-refractivity contribution is 5.73. The summed E-state index contributed by atoms with van der Waals surface area (Å²) in [4.78, 5) is 11.0. The Morgan fingerprint density at radius 1 is 1.36 bits per heavy atom. The van der Waals surface area contributed by atoms with Crippen molar-refractivity contribution < 1.29 is 14.6 Å². The van der Waals surface area contributed by atoms with Crippen molar-refractivity contribution >= 4 is 5.97 Å². The van der Waals surface area contributed by atoms with Crippen LogP contribution >= 0.6 is 0 Å². The number of hydrogen-bond donors (Lipinski definition) is 2. The van der Waals surface area contributed by atoms with Gasteiger partial charge in [0, 0.05) is 0 Å². The van der Waals surface area contributed by atoms with E-state index < -0.39 is 12.0 Å². The molecule has 22 heavy (non-hydrogen) atoms. The lowest BCUT2D eigenvalue weighted by Gasteiger charge is -2.20. The van der Waals surface area contributed by atoms with Crippen molar-refractivity contribution in [1.29, 1.82) is 0 Å². The van der Waals surface area contributed by atoms with E-state index in [0.717, 1.165) is 18.6 Å². The summed E-state index contributed by atoms with van der Waals surface area (Å²) in [6.07, 6.45) is 2.30. The number of carbonyl (C=O) groups is 1. The van der Waals surface area contributed by atoms with Crippen LogP contribution in [0, 0.1) is 0 Å². The minimum atomic E-state index is -0.777. The van der Waals surface area contributed by atoms with Gasteiger partial charge in [-0.1, -0.05) is 46.2 Å². The summed E-state index contributed by atoms with van der Waals surface area (Å²) in [5.74, 6) is 0.0939. The lowest BCUT2D eigenvalue weighted by Crippen LogP contribution is -2.37. The van der Waals surface area contributed by atoms with Crippen molar-refractivity contribution in [1.82, 2.24) is 5.32 Å². The second-order valence-electron chi connectivity index (χ2n) is 6.61. The number of ether oxygens (including phenoxy) is 1. The molecule has 0 saturated heterocycles. The lowest BCUT2D eigenvalue weighted by atomic mass is 9.87. The molecule has 0 aliphatic carbocycles. The Morgan fingerprint density at radius 2 is 2.09 bits per heavy atom. The van der Waals surface area contributed by atoms with Gasteiger partial charge in [-0.15, -0.1) is 0 Å². The molecule has 0 saturated carbocycles. The normalized spacial score (nSPS) is 12.9. The first-order valence-corrected chi connectivity index (χ1v) is 8.04. The van der Waals surface area contributed by atoms with Crippen LogP contribution in [0.3, 0.4) is 0 Å². The molecule has 0 spiro atoms. The van der Waals surface area contributed by atoms with Gasteiger partial charge in [-0.25, -0.2) is 0 Å². The Balaban J connectivity index is 2.34. The topological polar surface area (TPSA) is 58.6 Å². The number of aliphatic carboxylic acids is 1. The molecule has 1 unspecified atom stereocenters. The van der Waals surface area contributed by atoms with E-state index in [1.54, 1.807) is 0 Å². The highest BCUT2D eigenvalue weighted by Gasteiger charge is 2.15. The molecule has 2 N–H and O–H groups in total. The zero-order valence-corrected chi connectivity index (χ0v) is 14.2. The molecule has 0 amide bonds. The molecule has 1 aromatic rings. The maximum atomic E-state index is 11.0. The summed E-state index contributed by atoms with van der Waals surface area (Å²) in [7, 11) is 0. The second-order valence-corrected chi connectivity index (χ2v) is 6.61. The van der Waals surface area contributed by atoms with Gasteiger partial charge in [0.1, 0.15) is 11.8 Å². The van der Waals surface area contributed by atoms with Crippen molar-refractivity contribution in [3.8, 4) is 5.75 Å². The Hall–Kier alpha value is -1.55. The summed E-state index contributed by atoms with van der Waals surface area (Å²) in [6.45, 7) is 9.75. The quantitative estimate of drug-likeness (QED) is 0.684. The summed E-state index contributed by atoms with van der Waals surface area (Å²) < 4.78 is 5.76. The first-order chi connectivity index (χ1) is 10.3. The smallest absolute Gasteiger partial charge is 0.320 e. The Labute approximate surface area is 133 Å². The van der Waals surface area contributed by atoms with Crippen molar-refractivity contribution in [2.75, 3.05) is 13.2 Å². The van der Waals surface area contributed by atoms with E-state index in [0.29, 0.717) is 19.6 Å². The van der Waals surface area contributed by atoms with Crippen LogP contribution in [0.15, 0.2) is 24.3 Å². The van der Waals surface area contributed by atoms with E-state index in [4.69, 9.17) is 9.84 Å². The van der Waals surface area contributed by atoms with Crippen LogP contribution in [-0.4, -0.2) is 30.3 Å². The molecule has 0 radical (unpaired) electrons. The van der Waals surface area contributed by atoms with Crippen LogP contribution in [0.5, 0.6) is 5.75 Å². The van der Waals surface area contributed by atoms with Crippen molar-refractivity contribution in [2.45, 2.75) is 58.4 Å². The van der Waals surface area contributed by atoms with E-state index in [1.165, 1.54) is 5.56 Å². The number of carboxylic acid groups (broad SMARTS) is 1. The second kappa shape index (κ2) is 8.79. The van der Waals surface area contributed by atoms with E-state index >= 15 is 0 Å². The average molecular weight is 307 g/mol. The van der Waals surface area contributed by atoms with Gasteiger partial charge in [0.25, 0.3) is 0 Å². The lowest BCUT2D eigenvalue weighted by molar-refractivity contribution is -0.139. The summed E-state index contributed by atoms with van der Waals surface area (Å²) in [5, 5.41) is 12.1. The Bertz CT molecular complexity index is 466. The van der Waals surface area contributed by atoms with E-state index in [9.17, 15) is 4.79 Å². The molecule has 1 aromatic carbocycles. The minimum absolute atomic E-state index is 0.107. The third kappa shape index (κ3) is 6.48. The van der Waals surface area contributed by atoms with Gasteiger partial charge in [0.15, 0.2) is 0 Å². The van der Waals surface area contributed by atoms with Crippen molar-refractivity contribution in [3.63, 3.8) is 0 Å². The molecule has 0 aliphatic heterocycles. The van der Waals surface area contributed by atoms with Crippen LogP contribution in [0.25, 0.3) is 0 Å². The van der Waals surface area contributed by atoms with Gasteiger partial charge >= 0.3 is 5.97 Å². The molecule has 1 atom stereocenters. The molecule has 0 bridgehead atoms. The van der Waals surface area contributed by atoms with Crippen molar-refractivity contribution in [2.24, 2.45) is 0 Å². The molecular weight excluding hydrogens is 278 g/mol. The maximum Gasteiger partial charge on any atom is 0.320 e. The van der Waals surface area contributed by atoms with Crippen LogP contribution in [-0.2, 0) is 10.2 Å². The molecule has 124 valence electrons. The fraction of sp³-hybridized carbons (Fsp3) is 0.611. The van der Waals surface area contributed by atoms with E-state index in [1.807, 2.05) is 19.1 Å². The molecule has 0 fully saturated rings. The van der Waals surface area contributed by atoms with Gasteiger partial charge in [-0.3, -0.25) is 4.79 Å². The number of carboxylic acids is 1. The molecule has 1 rings (SSSR count). The molecule has 0 aromatic heterocycles. The SMILES string of the molecule is CCCC(NCCCOc1cccc(C(C)(C)C)c1)C(=O)O. The highest BCUT2D eigenvalue weighted by atomic mass is 16.5. The zero-order chi connectivity index (χ0) is 16.6. The molecule has 4 nitrogen and oxygen atoms in total. The number of hydrogen-bond acceptors (Lipinski definition) is 3.